The topological polar surface area (TPSA) is 64.6 Å². The number of nitrogens with one attached hydrogen (secondary N) is 1. The number of piperazine rings is 1. The molecule has 0 unspecified atom stereocenters. The highest BCUT2D eigenvalue weighted by atomic mass is 16.2. The van der Waals surface area contributed by atoms with E-state index in [1.807, 2.05) is 6.92 Å². The maximum atomic E-state index is 13.0. The third kappa shape index (κ3) is 4.92. The highest BCUT2D eigenvalue weighted by Gasteiger charge is 2.28. The first-order valence-corrected chi connectivity index (χ1v) is 9.95. The Morgan fingerprint density at radius 3 is 2.58 bits per heavy atom. The molecule has 1 amide bonds. The molecule has 0 radical (unpaired) electrons. The molecule has 2 aliphatic rings. The number of nitrogens with zero attached hydrogens (tertiary/aromatic N) is 5. The van der Waals surface area contributed by atoms with Crippen molar-refractivity contribution in [2.45, 2.75) is 38.6 Å². The van der Waals surface area contributed by atoms with Gasteiger partial charge in [-0.05, 0) is 39.7 Å². The molecule has 0 aliphatic carbocycles. The zero-order valence-corrected chi connectivity index (χ0v) is 16.2. The molecule has 2 saturated heterocycles. The van der Waals surface area contributed by atoms with E-state index in [1.54, 1.807) is 12.4 Å². The van der Waals surface area contributed by atoms with Gasteiger partial charge in [0.15, 0.2) is 0 Å². The SMILES string of the molecule is CCNc1ncc(C(=O)N2CCCC[C@@H]2CCN2CCN(C)CC2)cn1. The van der Waals surface area contributed by atoms with E-state index in [4.69, 9.17) is 0 Å². The van der Waals surface area contributed by atoms with Gasteiger partial charge in [-0.1, -0.05) is 0 Å². The molecule has 1 atom stereocenters. The summed E-state index contributed by atoms with van der Waals surface area (Å²) in [6, 6.07) is 0.337. The Morgan fingerprint density at radius 2 is 1.88 bits per heavy atom. The zero-order chi connectivity index (χ0) is 18.4. The molecule has 1 aromatic heterocycles. The summed E-state index contributed by atoms with van der Waals surface area (Å²) in [5, 5.41) is 3.07. The van der Waals surface area contributed by atoms with Crippen LogP contribution in [-0.2, 0) is 0 Å². The number of likely N-dealkylation sites (N-methyl/N-ethyl adjacent to an activating group) is 1. The van der Waals surface area contributed by atoms with Crippen molar-refractivity contribution in [3.8, 4) is 0 Å². The van der Waals surface area contributed by atoms with Crippen LogP contribution < -0.4 is 5.32 Å². The molecule has 0 saturated carbocycles. The zero-order valence-electron chi connectivity index (χ0n) is 16.2. The number of rotatable bonds is 6. The van der Waals surface area contributed by atoms with E-state index in [2.05, 4.69) is 37.0 Å². The first-order chi connectivity index (χ1) is 12.7. The van der Waals surface area contributed by atoms with Crippen LogP contribution in [0.1, 0.15) is 43.0 Å². The van der Waals surface area contributed by atoms with Gasteiger partial charge in [0.25, 0.3) is 5.91 Å². The summed E-state index contributed by atoms with van der Waals surface area (Å²) in [5.41, 5.74) is 0.596. The van der Waals surface area contributed by atoms with Gasteiger partial charge < -0.3 is 20.0 Å². The number of piperidine rings is 1. The summed E-state index contributed by atoms with van der Waals surface area (Å²) in [6.07, 6.45) is 7.78. The standard InChI is InChI=1S/C19H32N6O/c1-3-20-19-21-14-16(15-22-19)18(26)25-8-5-4-6-17(25)7-9-24-12-10-23(2)11-13-24/h14-15,17H,3-13H2,1-2H3,(H,20,21,22)/t17-/m1/s1. The number of carbonyl (C=O) groups is 1. The Bertz CT molecular complexity index is 570. The summed E-state index contributed by atoms with van der Waals surface area (Å²) in [7, 11) is 2.18. The molecule has 26 heavy (non-hydrogen) atoms. The van der Waals surface area contributed by atoms with Gasteiger partial charge >= 0.3 is 0 Å². The Hall–Kier alpha value is -1.73. The monoisotopic (exact) mass is 360 g/mol. The van der Waals surface area contributed by atoms with Crippen LogP contribution in [-0.4, -0.2) is 89.5 Å². The minimum absolute atomic E-state index is 0.0797. The number of anilines is 1. The molecular weight excluding hydrogens is 328 g/mol. The van der Waals surface area contributed by atoms with Crippen LogP contribution in [0.15, 0.2) is 12.4 Å². The number of amides is 1. The summed E-state index contributed by atoms with van der Waals surface area (Å²) < 4.78 is 0. The second kappa shape index (κ2) is 9.28. The quantitative estimate of drug-likeness (QED) is 0.830. The van der Waals surface area contributed by atoms with Gasteiger partial charge in [-0.15, -0.1) is 0 Å². The van der Waals surface area contributed by atoms with E-state index in [0.717, 1.165) is 65.1 Å². The van der Waals surface area contributed by atoms with E-state index < -0.39 is 0 Å². The number of aromatic nitrogens is 2. The minimum atomic E-state index is 0.0797. The molecule has 0 spiro atoms. The van der Waals surface area contributed by atoms with Gasteiger partial charge in [0, 0.05) is 64.2 Å². The lowest BCUT2D eigenvalue weighted by molar-refractivity contribution is 0.0569. The molecule has 144 valence electrons. The maximum absolute atomic E-state index is 13.0. The number of carbonyl (C=O) groups excluding carboxylic acids is 1. The van der Waals surface area contributed by atoms with Crippen LogP contribution >= 0.6 is 0 Å². The number of likely N-dealkylation sites (tertiary alicyclic amines) is 1. The van der Waals surface area contributed by atoms with Gasteiger partial charge in [-0.3, -0.25) is 4.79 Å². The Balaban J connectivity index is 1.57. The molecule has 2 fully saturated rings. The Kier molecular flexibility index (Phi) is 6.80. The summed E-state index contributed by atoms with van der Waals surface area (Å²) in [4.78, 5) is 28.5. The highest BCUT2D eigenvalue weighted by molar-refractivity contribution is 5.94. The normalized spacial score (nSPS) is 22.4. The van der Waals surface area contributed by atoms with Crippen molar-refractivity contribution in [3.63, 3.8) is 0 Å². The number of hydrogen-bond donors (Lipinski definition) is 1. The van der Waals surface area contributed by atoms with Gasteiger partial charge in [-0.2, -0.15) is 0 Å². The van der Waals surface area contributed by atoms with E-state index >= 15 is 0 Å². The molecule has 1 N–H and O–H groups in total. The van der Waals surface area contributed by atoms with E-state index in [9.17, 15) is 4.79 Å². The van der Waals surface area contributed by atoms with Crippen LogP contribution in [0, 0.1) is 0 Å². The summed E-state index contributed by atoms with van der Waals surface area (Å²) >= 11 is 0. The second-order valence-electron chi connectivity index (χ2n) is 7.41. The fourth-order valence-electron chi connectivity index (χ4n) is 3.82. The van der Waals surface area contributed by atoms with Crippen molar-refractivity contribution in [2.24, 2.45) is 0 Å². The van der Waals surface area contributed by atoms with Gasteiger partial charge in [0.05, 0.1) is 5.56 Å². The lowest BCUT2D eigenvalue weighted by Gasteiger charge is -2.38. The van der Waals surface area contributed by atoms with Crippen LogP contribution in [0.25, 0.3) is 0 Å². The van der Waals surface area contributed by atoms with Crippen LogP contribution in [0.4, 0.5) is 5.95 Å². The fraction of sp³-hybridized carbons (Fsp3) is 0.737. The lowest BCUT2D eigenvalue weighted by Crippen LogP contribution is -2.48. The van der Waals surface area contributed by atoms with Crippen molar-refractivity contribution in [1.29, 1.82) is 0 Å². The average Bonchev–Trinajstić information content (AvgIpc) is 2.68. The number of hydrogen-bond acceptors (Lipinski definition) is 6. The van der Waals surface area contributed by atoms with Crippen molar-refractivity contribution in [2.75, 3.05) is 58.2 Å². The lowest BCUT2D eigenvalue weighted by atomic mass is 9.98. The van der Waals surface area contributed by atoms with Gasteiger partial charge in [0.1, 0.15) is 0 Å². The van der Waals surface area contributed by atoms with E-state index in [0.29, 0.717) is 17.6 Å². The smallest absolute Gasteiger partial charge is 0.257 e. The third-order valence-corrected chi connectivity index (χ3v) is 5.50. The minimum Gasteiger partial charge on any atom is -0.355 e. The van der Waals surface area contributed by atoms with Gasteiger partial charge in [0.2, 0.25) is 5.95 Å². The molecule has 0 aromatic carbocycles. The first kappa shape index (κ1) is 19.0. The molecule has 7 heteroatoms. The molecule has 0 bridgehead atoms. The molecule has 1 aromatic rings. The predicted octanol–water partition coefficient (Wildman–Crippen LogP) is 1.54. The second-order valence-corrected chi connectivity index (χ2v) is 7.41. The summed E-state index contributed by atoms with van der Waals surface area (Å²) in [6.45, 7) is 9.26. The molecule has 7 nitrogen and oxygen atoms in total. The van der Waals surface area contributed by atoms with Crippen LogP contribution in [0.5, 0.6) is 0 Å². The Morgan fingerprint density at radius 1 is 1.15 bits per heavy atom. The van der Waals surface area contributed by atoms with Crippen LogP contribution in [0.2, 0.25) is 0 Å². The average molecular weight is 361 g/mol. The van der Waals surface area contributed by atoms with Crippen molar-refractivity contribution < 1.29 is 4.79 Å². The van der Waals surface area contributed by atoms with Crippen LogP contribution in [0.3, 0.4) is 0 Å². The summed E-state index contributed by atoms with van der Waals surface area (Å²) in [5.74, 6) is 0.658. The molecule has 3 heterocycles. The van der Waals surface area contributed by atoms with Crippen molar-refractivity contribution >= 4 is 11.9 Å². The molecule has 3 rings (SSSR count). The molecule has 2 aliphatic heterocycles. The van der Waals surface area contributed by atoms with Crippen molar-refractivity contribution in [1.82, 2.24) is 24.7 Å². The largest absolute Gasteiger partial charge is 0.355 e. The van der Waals surface area contributed by atoms with E-state index in [-0.39, 0.29) is 5.91 Å². The first-order valence-electron chi connectivity index (χ1n) is 9.95. The maximum Gasteiger partial charge on any atom is 0.257 e. The third-order valence-electron chi connectivity index (χ3n) is 5.50. The highest BCUT2D eigenvalue weighted by Crippen LogP contribution is 2.22. The Labute approximate surface area is 156 Å². The fourth-order valence-corrected chi connectivity index (χ4v) is 3.82. The van der Waals surface area contributed by atoms with E-state index in [1.165, 1.54) is 6.42 Å². The predicted molar refractivity (Wildman–Crippen MR) is 103 cm³/mol. The van der Waals surface area contributed by atoms with Gasteiger partial charge in [-0.25, -0.2) is 9.97 Å². The molecular formula is C19H32N6O. The van der Waals surface area contributed by atoms with Crippen molar-refractivity contribution in [3.05, 3.63) is 18.0 Å².